The first-order valence-electron chi connectivity index (χ1n) is 6.09. The molecule has 0 spiro atoms. The van der Waals surface area contributed by atoms with Crippen LogP contribution in [0.5, 0.6) is 11.5 Å². The topological polar surface area (TPSA) is 63.6 Å². The number of benzene rings is 2. The molecule has 2 aromatic carbocycles. The van der Waals surface area contributed by atoms with Gasteiger partial charge in [-0.3, -0.25) is 4.79 Å². The fourth-order valence-electron chi connectivity index (χ4n) is 1.73. The lowest BCUT2D eigenvalue weighted by atomic mass is 10.1. The number of carboxylic acids is 1. The fourth-order valence-corrected chi connectivity index (χ4v) is 1.73. The summed E-state index contributed by atoms with van der Waals surface area (Å²) in [7, 11) is 0. The Kier molecular flexibility index (Phi) is 3.84. The molecule has 0 amide bonds. The van der Waals surface area contributed by atoms with Gasteiger partial charge >= 0.3 is 5.97 Å². The predicted molar refractivity (Wildman–Crippen MR) is 74.7 cm³/mol. The monoisotopic (exact) mass is 270 g/mol. The fraction of sp³-hybridized carbons (Fsp3) is 0.125. The van der Waals surface area contributed by atoms with Gasteiger partial charge in [-0.2, -0.15) is 0 Å². The smallest absolute Gasteiger partial charge is 0.335 e. The molecule has 0 fully saturated rings. The lowest BCUT2D eigenvalue weighted by Gasteiger charge is -2.08. The van der Waals surface area contributed by atoms with Crippen LogP contribution in [0.1, 0.15) is 33.2 Å². The number of carboxylic acid groups (broad SMARTS) is 1. The second kappa shape index (κ2) is 5.57. The van der Waals surface area contributed by atoms with Crippen LogP contribution in [0.15, 0.2) is 42.5 Å². The van der Waals surface area contributed by atoms with E-state index >= 15 is 0 Å². The van der Waals surface area contributed by atoms with Gasteiger partial charge in [-0.15, -0.1) is 0 Å². The Morgan fingerprint density at radius 2 is 1.55 bits per heavy atom. The number of ether oxygens (including phenoxy) is 1. The van der Waals surface area contributed by atoms with Gasteiger partial charge < -0.3 is 9.84 Å². The maximum absolute atomic E-state index is 11.4. The van der Waals surface area contributed by atoms with Gasteiger partial charge in [0, 0.05) is 5.56 Å². The molecular formula is C16H14O4. The Morgan fingerprint density at radius 1 is 0.950 bits per heavy atom. The third kappa shape index (κ3) is 3.23. The Bertz CT molecular complexity index is 624. The molecule has 0 aromatic heterocycles. The van der Waals surface area contributed by atoms with Gasteiger partial charge in [-0.1, -0.05) is 17.7 Å². The highest BCUT2D eigenvalue weighted by atomic mass is 16.5. The van der Waals surface area contributed by atoms with Crippen molar-refractivity contribution in [1.29, 1.82) is 0 Å². The summed E-state index contributed by atoms with van der Waals surface area (Å²) < 4.78 is 5.60. The molecule has 4 heteroatoms. The lowest BCUT2D eigenvalue weighted by Crippen LogP contribution is -2.01. The van der Waals surface area contributed by atoms with Gasteiger partial charge in [0.25, 0.3) is 0 Å². The largest absolute Gasteiger partial charge is 0.478 e. The van der Waals surface area contributed by atoms with Crippen LogP contribution >= 0.6 is 0 Å². The number of carbonyl (C=O) groups excluding carboxylic acids is 1. The molecule has 0 heterocycles. The van der Waals surface area contributed by atoms with E-state index in [0.29, 0.717) is 17.1 Å². The number of carbonyl (C=O) groups is 2. The minimum Gasteiger partial charge on any atom is -0.478 e. The molecule has 2 rings (SSSR count). The molecule has 102 valence electrons. The van der Waals surface area contributed by atoms with Crippen LogP contribution in [0, 0.1) is 6.92 Å². The van der Waals surface area contributed by atoms with Crippen molar-refractivity contribution in [3.63, 3.8) is 0 Å². The zero-order valence-electron chi connectivity index (χ0n) is 11.2. The molecular weight excluding hydrogens is 256 g/mol. The highest BCUT2D eigenvalue weighted by Gasteiger charge is 2.11. The van der Waals surface area contributed by atoms with Crippen molar-refractivity contribution in [2.24, 2.45) is 0 Å². The number of hydrogen-bond acceptors (Lipinski definition) is 3. The molecule has 20 heavy (non-hydrogen) atoms. The first-order valence-corrected chi connectivity index (χ1v) is 6.09. The zero-order chi connectivity index (χ0) is 14.7. The second-order valence-corrected chi connectivity index (χ2v) is 4.52. The average Bonchev–Trinajstić information content (AvgIpc) is 2.41. The van der Waals surface area contributed by atoms with Gasteiger partial charge in [0.2, 0.25) is 0 Å². The Morgan fingerprint density at radius 3 is 2.10 bits per heavy atom. The number of aromatic carboxylic acids is 1. The molecule has 0 unspecified atom stereocenters. The SMILES string of the molecule is CC(=O)c1cc(Oc2ccc(C)cc2)cc(C(=O)O)c1. The van der Waals surface area contributed by atoms with Crippen molar-refractivity contribution in [2.75, 3.05) is 0 Å². The maximum atomic E-state index is 11.4. The first kappa shape index (κ1) is 13.8. The molecule has 0 radical (unpaired) electrons. The van der Waals surface area contributed by atoms with E-state index in [-0.39, 0.29) is 11.3 Å². The Labute approximate surface area is 116 Å². The van der Waals surface area contributed by atoms with Gasteiger partial charge in [0.15, 0.2) is 5.78 Å². The third-order valence-electron chi connectivity index (χ3n) is 2.82. The van der Waals surface area contributed by atoms with Crippen molar-refractivity contribution in [2.45, 2.75) is 13.8 Å². The van der Waals surface area contributed by atoms with Crippen LogP contribution in [0.4, 0.5) is 0 Å². The van der Waals surface area contributed by atoms with Gasteiger partial charge in [-0.05, 0) is 44.2 Å². The zero-order valence-corrected chi connectivity index (χ0v) is 11.2. The summed E-state index contributed by atoms with van der Waals surface area (Å²) >= 11 is 0. The van der Waals surface area contributed by atoms with Crippen molar-refractivity contribution in [3.05, 3.63) is 59.2 Å². The van der Waals surface area contributed by atoms with Gasteiger partial charge in [0.1, 0.15) is 11.5 Å². The van der Waals surface area contributed by atoms with Crippen LogP contribution < -0.4 is 4.74 Å². The summed E-state index contributed by atoms with van der Waals surface area (Å²) in [5.74, 6) is -0.379. The minimum absolute atomic E-state index is 0.0276. The number of aryl methyl sites for hydroxylation is 1. The standard InChI is InChI=1S/C16H14O4/c1-10-3-5-14(6-4-10)20-15-8-12(11(2)17)7-13(9-15)16(18)19/h3-9H,1-2H3,(H,18,19). The first-order chi connectivity index (χ1) is 9.45. The van der Waals surface area contributed by atoms with E-state index in [4.69, 9.17) is 9.84 Å². The van der Waals surface area contributed by atoms with Crippen molar-refractivity contribution in [3.8, 4) is 11.5 Å². The summed E-state index contributed by atoms with van der Waals surface area (Å²) in [6, 6.07) is 11.6. The Balaban J connectivity index is 2.37. The molecule has 0 atom stereocenters. The van der Waals surface area contributed by atoms with Crippen LogP contribution in [0.25, 0.3) is 0 Å². The minimum atomic E-state index is -1.10. The van der Waals surface area contributed by atoms with Crippen LogP contribution in [-0.4, -0.2) is 16.9 Å². The average molecular weight is 270 g/mol. The van der Waals surface area contributed by atoms with Crippen molar-refractivity contribution < 1.29 is 19.4 Å². The molecule has 2 aromatic rings. The summed E-state index contributed by atoms with van der Waals surface area (Å²) in [6.07, 6.45) is 0. The summed E-state index contributed by atoms with van der Waals surface area (Å²) in [4.78, 5) is 22.5. The van der Waals surface area contributed by atoms with Gasteiger partial charge in [-0.25, -0.2) is 4.79 Å². The molecule has 0 saturated carbocycles. The van der Waals surface area contributed by atoms with E-state index in [1.165, 1.54) is 25.1 Å². The van der Waals surface area contributed by atoms with E-state index < -0.39 is 5.97 Å². The number of Topliss-reactive ketones (excluding diaryl/α,β-unsaturated/α-hetero) is 1. The maximum Gasteiger partial charge on any atom is 0.335 e. The van der Waals surface area contributed by atoms with E-state index in [2.05, 4.69) is 0 Å². The van der Waals surface area contributed by atoms with E-state index in [0.717, 1.165) is 5.56 Å². The summed E-state index contributed by atoms with van der Waals surface area (Å²) in [6.45, 7) is 3.35. The van der Waals surface area contributed by atoms with Crippen molar-refractivity contribution >= 4 is 11.8 Å². The normalized spacial score (nSPS) is 10.1. The van der Waals surface area contributed by atoms with E-state index in [9.17, 15) is 9.59 Å². The molecule has 0 bridgehead atoms. The highest BCUT2D eigenvalue weighted by Crippen LogP contribution is 2.24. The summed E-state index contributed by atoms with van der Waals surface area (Å²) in [5, 5.41) is 9.05. The molecule has 0 aliphatic carbocycles. The van der Waals surface area contributed by atoms with Crippen LogP contribution in [0.2, 0.25) is 0 Å². The number of rotatable bonds is 4. The second-order valence-electron chi connectivity index (χ2n) is 4.52. The van der Waals surface area contributed by atoms with Crippen LogP contribution in [0.3, 0.4) is 0 Å². The molecule has 0 aliphatic rings. The molecule has 0 saturated heterocycles. The molecule has 0 aliphatic heterocycles. The molecule has 4 nitrogen and oxygen atoms in total. The quantitative estimate of drug-likeness (QED) is 0.860. The Hall–Kier alpha value is -2.62. The van der Waals surface area contributed by atoms with Crippen molar-refractivity contribution in [1.82, 2.24) is 0 Å². The van der Waals surface area contributed by atoms with Crippen LogP contribution in [-0.2, 0) is 0 Å². The number of ketones is 1. The predicted octanol–water partition coefficient (Wildman–Crippen LogP) is 3.69. The third-order valence-corrected chi connectivity index (χ3v) is 2.82. The van der Waals surface area contributed by atoms with E-state index in [1.807, 2.05) is 19.1 Å². The number of hydrogen-bond donors (Lipinski definition) is 1. The molecule has 1 N–H and O–H groups in total. The van der Waals surface area contributed by atoms with Gasteiger partial charge in [0.05, 0.1) is 5.56 Å². The highest BCUT2D eigenvalue weighted by molar-refractivity contribution is 5.98. The van der Waals surface area contributed by atoms with E-state index in [1.54, 1.807) is 12.1 Å². The summed E-state index contributed by atoms with van der Waals surface area (Å²) in [5.41, 5.74) is 1.44. The lowest BCUT2D eigenvalue weighted by molar-refractivity contribution is 0.0696.